The van der Waals surface area contributed by atoms with Crippen LogP contribution in [0.4, 0.5) is 0 Å². The van der Waals surface area contributed by atoms with Crippen LogP contribution in [0.3, 0.4) is 0 Å². The number of aromatic hydroxyl groups is 1. The van der Waals surface area contributed by atoms with E-state index in [4.69, 9.17) is 14.2 Å². The summed E-state index contributed by atoms with van der Waals surface area (Å²) < 4.78 is 17.6. The number of fused-ring (bicyclic) bond motifs is 1. The zero-order valence-electron chi connectivity index (χ0n) is 19.3. The molecule has 1 aliphatic rings. The molecule has 8 nitrogen and oxygen atoms in total. The number of nitrogens with zero attached hydrogens (tertiary/aromatic N) is 2. The fourth-order valence-electron chi connectivity index (χ4n) is 3.91. The molecule has 8 heteroatoms. The summed E-state index contributed by atoms with van der Waals surface area (Å²) in [6, 6.07) is 12.5. The predicted octanol–water partition coefficient (Wildman–Crippen LogP) is 3.78. The van der Waals surface area contributed by atoms with Gasteiger partial charge in [-0.25, -0.2) is 0 Å². The normalized spacial score (nSPS) is 12.8. The first-order valence-corrected chi connectivity index (χ1v) is 10.7. The molecule has 0 spiro atoms. The van der Waals surface area contributed by atoms with Crippen molar-refractivity contribution in [2.45, 2.75) is 40.3 Å². The van der Waals surface area contributed by atoms with Gasteiger partial charge in [0.1, 0.15) is 17.4 Å². The van der Waals surface area contributed by atoms with Crippen molar-refractivity contribution in [3.63, 3.8) is 0 Å². The fourth-order valence-corrected chi connectivity index (χ4v) is 3.91. The summed E-state index contributed by atoms with van der Waals surface area (Å²) in [4.78, 5) is 26.4. The summed E-state index contributed by atoms with van der Waals surface area (Å²) in [7, 11) is 0. The minimum Gasteiger partial charge on any atom is -0.494 e. The summed E-state index contributed by atoms with van der Waals surface area (Å²) in [6.45, 7) is 6.91. The number of ketones is 1. The van der Waals surface area contributed by atoms with E-state index >= 15 is 0 Å². The van der Waals surface area contributed by atoms with Crippen LogP contribution in [0.1, 0.15) is 45.1 Å². The monoisotopic (exact) mass is 460 g/mol. The molecule has 34 heavy (non-hydrogen) atoms. The van der Waals surface area contributed by atoms with Crippen molar-refractivity contribution >= 4 is 5.78 Å². The lowest BCUT2D eigenvalue weighted by molar-refractivity contribution is 0.0811. The lowest BCUT2D eigenvalue weighted by Gasteiger charge is -2.20. The van der Waals surface area contributed by atoms with E-state index in [1.54, 1.807) is 31.2 Å². The summed E-state index contributed by atoms with van der Waals surface area (Å²) in [5, 5.41) is 20.7. The molecule has 1 aliphatic heterocycles. The molecule has 0 bridgehead atoms. The van der Waals surface area contributed by atoms with E-state index in [2.05, 4.69) is 0 Å². The van der Waals surface area contributed by atoms with Crippen LogP contribution in [0, 0.1) is 32.1 Å². The first-order chi connectivity index (χ1) is 16.2. The fraction of sp³-hybridized carbons (Fsp3) is 0.269. The van der Waals surface area contributed by atoms with E-state index in [0.29, 0.717) is 22.8 Å². The van der Waals surface area contributed by atoms with Gasteiger partial charge in [-0.05, 0) is 68.1 Å². The molecule has 0 saturated carbocycles. The number of carbonyl (C=O) groups is 1. The average molecular weight is 460 g/mol. The molecule has 3 aromatic rings. The van der Waals surface area contributed by atoms with Crippen molar-refractivity contribution in [3.8, 4) is 29.2 Å². The SMILES string of the molecule is Cc1cccc(OC(C)C(=O)c2c(C)c(C#N)c(=O)n(Cc3ccc4c(c3)OCO4)c2O)c1C. The van der Waals surface area contributed by atoms with Crippen LogP contribution < -0.4 is 19.8 Å². The van der Waals surface area contributed by atoms with Crippen LogP contribution in [-0.4, -0.2) is 28.4 Å². The molecule has 4 rings (SSSR count). The molecule has 0 fully saturated rings. The molecule has 0 saturated heterocycles. The van der Waals surface area contributed by atoms with Crippen molar-refractivity contribution in [2.75, 3.05) is 6.79 Å². The first-order valence-electron chi connectivity index (χ1n) is 10.7. The second-order valence-electron chi connectivity index (χ2n) is 8.21. The Morgan fingerprint density at radius 1 is 1.18 bits per heavy atom. The Morgan fingerprint density at radius 3 is 2.65 bits per heavy atom. The number of hydrogen-bond acceptors (Lipinski definition) is 7. The maximum atomic E-state index is 13.4. The van der Waals surface area contributed by atoms with Crippen LogP contribution in [0.15, 0.2) is 41.2 Å². The van der Waals surface area contributed by atoms with Crippen molar-refractivity contribution in [2.24, 2.45) is 0 Å². The number of aromatic nitrogens is 1. The largest absolute Gasteiger partial charge is 0.494 e. The summed E-state index contributed by atoms with van der Waals surface area (Å²) in [5.74, 6) is 0.597. The Kier molecular flexibility index (Phi) is 6.03. The second-order valence-corrected chi connectivity index (χ2v) is 8.21. The van der Waals surface area contributed by atoms with Crippen LogP contribution in [-0.2, 0) is 6.54 Å². The Bertz CT molecular complexity index is 1400. The molecule has 1 unspecified atom stereocenters. The van der Waals surface area contributed by atoms with Gasteiger partial charge in [0.05, 0.1) is 12.1 Å². The highest BCUT2D eigenvalue weighted by Crippen LogP contribution is 2.33. The smallest absolute Gasteiger partial charge is 0.271 e. The van der Waals surface area contributed by atoms with Gasteiger partial charge in [-0.2, -0.15) is 5.26 Å². The molecule has 1 atom stereocenters. The molecule has 2 aromatic carbocycles. The van der Waals surface area contributed by atoms with Gasteiger partial charge >= 0.3 is 0 Å². The number of carbonyl (C=O) groups excluding carboxylic acids is 1. The van der Waals surface area contributed by atoms with Crippen molar-refractivity contribution in [3.05, 3.63) is 80.1 Å². The number of nitriles is 1. The van der Waals surface area contributed by atoms with E-state index in [9.17, 15) is 20.0 Å². The Balaban J connectivity index is 1.74. The minimum absolute atomic E-state index is 0.0667. The number of hydrogen-bond donors (Lipinski definition) is 1. The third kappa shape index (κ3) is 3.97. The zero-order valence-corrected chi connectivity index (χ0v) is 19.3. The van der Waals surface area contributed by atoms with Gasteiger partial charge in [-0.1, -0.05) is 18.2 Å². The molecule has 0 aliphatic carbocycles. The quantitative estimate of drug-likeness (QED) is 0.557. The van der Waals surface area contributed by atoms with E-state index < -0.39 is 23.3 Å². The number of pyridine rings is 1. The van der Waals surface area contributed by atoms with E-state index in [0.717, 1.165) is 15.7 Å². The third-order valence-electron chi connectivity index (χ3n) is 6.05. The molecule has 0 amide bonds. The molecular weight excluding hydrogens is 436 g/mol. The predicted molar refractivity (Wildman–Crippen MR) is 124 cm³/mol. The lowest BCUT2D eigenvalue weighted by Crippen LogP contribution is -2.31. The van der Waals surface area contributed by atoms with Crippen LogP contribution >= 0.6 is 0 Å². The van der Waals surface area contributed by atoms with Crippen molar-refractivity contribution < 1.29 is 24.1 Å². The molecular formula is C26H24N2O6. The highest BCUT2D eigenvalue weighted by molar-refractivity contribution is 6.03. The van der Waals surface area contributed by atoms with Crippen molar-refractivity contribution in [1.82, 2.24) is 4.57 Å². The summed E-state index contributed by atoms with van der Waals surface area (Å²) in [6.07, 6.45) is -0.965. The molecule has 1 aromatic heterocycles. The number of ether oxygens (including phenoxy) is 3. The molecule has 174 valence electrons. The van der Waals surface area contributed by atoms with Crippen LogP contribution in [0.5, 0.6) is 23.1 Å². The van der Waals surface area contributed by atoms with Crippen LogP contribution in [0.25, 0.3) is 0 Å². The van der Waals surface area contributed by atoms with Gasteiger partial charge < -0.3 is 19.3 Å². The highest BCUT2D eigenvalue weighted by atomic mass is 16.7. The Morgan fingerprint density at radius 2 is 1.91 bits per heavy atom. The highest BCUT2D eigenvalue weighted by Gasteiger charge is 2.28. The third-order valence-corrected chi connectivity index (χ3v) is 6.05. The second kappa shape index (κ2) is 8.94. The number of benzene rings is 2. The van der Waals surface area contributed by atoms with Gasteiger partial charge in [0.2, 0.25) is 18.5 Å². The average Bonchev–Trinajstić information content (AvgIpc) is 3.28. The van der Waals surface area contributed by atoms with Gasteiger partial charge in [0.15, 0.2) is 17.6 Å². The summed E-state index contributed by atoms with van der Waals surface area (Å²) in [5.41, 5.74) is 1.65. The number of aryl methyl sites for hydroxylation is 1. The van der Waals surface area contributed by atoms with E-state index in [1.807, 2.05) is 32.0 Å². The number of rotatable bonds is 6. The zero-order chi connectivity index (χ0) is 24.6. The van der Waals surface area contributed by atoms with Gasteiger partial charge in [0, 0.05) is 0 Å². The van der Waals surface area contributed by atoms with Crippen LogP contribution in [0.2, 0.25) is 0 Å². The maximum absolute atomic E-state index is 13.4. The van der Waals surface area contributed by atoms with Crippen molar-refractivity contribution in [1.29, 1.82) is 5.26 Å². The lowest BCUT2D eigenvalue weighted by atomic mass is 9.98. The van der Waals surface area contributed by atoms with E-state index in [-0.39, 0.29) is 30.0 Å². The molecule has 2 heterocycles. The summed E-state index contributed by atoms with van der Waals surface area (Å²) >= 11 is 0. The standard InChI is InChI=1S/C26H24N2O6/c1-14-6-5-7-20(15(14)2)34-17(4)24(29)23-16(3)19(11-27)25(30)28(26(23)31)12-18-8-9-21-22(10-18)33-13-32-21/h5-10,17,31H,12-13H2,1-4H3. The topological polar surface area (TPSA) is 111 Å². The Hall–Kier alpha value is -4.25. The van der Waals surface area contributed by atoms with Gasteiger partial charge in [0.25, 0.3) is 5.56 Å². The number of Topliss-reactive ketones (excluding diaryl/α,β-unsaturated/α-hetero) is 1. The van der Waals surface area contributed by atoms with E-state index in [1.165, 1.54) is 6.92 Å². The van der Waals surface area contributed by atoms with Gasteiger partial charge in [-0.15, -0.1) is 0 Å². The minimum atomic E-state index is -0.965. The Labute approximate surface area is 196 Å². The molecule has 0 radical (unpaired) electrons. The maximum Gasteiger partial charge on any atom is 0.271 e. The molecule has 1 N–H and O–H groups in total. The first kappa shape index (κ1) is 22.9. The van der Waals surface area contributed by atoms with Gasteiger partial charge in [-0.3, -0.25) is 14.2 Å².